The molecule has 0 heterocycles. The van der Waals surface area contributed by atoms with E-state index < -0.39 is 0 Å². The first-order chi connectivity index (χ1) is 9.63. The van der Waals surface area contributed by atoms with Gasteiger partial charge in [0.05, 0.1) is 19.3 Å². The molecule has 114 valence electrons. The van der Waals surface area contributed by atoms with Gasteiger partial charge in [0.1, 0.15) is 5.75 Å². The van der Waals surface area contributed by atoms with E-state index in [9.17, 15) is 5.11 Å². The molecule has 0 saturated heterocycles. The van der Waals surface area contributed by atoms with Gasteiger partial charge in [0, 0.05) is 30.9 Å². The van der Waals surface area contributed by atoms with Crippen molar-refractivity contribution in [2.75, 3.05) is 19.8 Å². The maximum atomic E-state index is 10.4. The number of benzene rings is 1. The minimum absolute atomic E-state index is 0.151. The van der Waals surface area contributed by atoms with Gasteiger partial charge in [-0.25, -0.2) is 0 Å². The minimum atomic E-state index is -0.151. The molecule has 4 heteroatoms. The van der Waals surface area contributed by atoms with E-state index in [0.29, 0.717) is 33.0 Å². The molecule has 0 aliphatic rings. The highest BCUT2D eigenvalue weighted by molar-refractivity contribution is 5.44. The fraction of sp³-hybridized carbons (Fsp3) is 0.625. The quantitative estimate of drug-likeness (QED) is 0.752. The molecule has 0 saturated carbocycles. The van der Waals surface area contributed by atoms with Gasteiger partial charge >= 0.3 is 0 Å². The summed E-state index contributed by atoms with van der Waals surface area (Å²) in [4.78, 5) is 0. The summed E-state index contributed by atoms with van der Waals surface area (Å²) in [5, 5.41) is 10.4. The Morgan fingerprint density at radius 2 is 1.65 bits per heavy atom. The van der Waals surface area contributed by atoms with Crippen LogP contribution >= 0.6 is 0 Å². The van der Waals surface area contributed by atoms with Gasteiger partial charge in [-0.1, -0.05) is 0 Å². The highest BCUT2D eigenvalue weighted by Crippen LogP contribution is 2.32. The minimum Gasteiger partial charge on any atom is -0.507 e. The molecule has 0 radical (unpaired) electrons. The summed E-state index contributed by atoms with van der Waals surface area (Å²) in [5.41, 5.74) is 2.60. The van der Waals surface area contributed by atoms with Crippen LogP contribution in [0, 0.1) is 0 Å². The van der Waals surface area contributed by atoms with Crippen LogP contribution in [0.5, 0.6) is 5.75 Å². The molecule has 0 aliphatic heterocycles. The van der Waals surface area contributed by atoms with E-state index in [1.807, 2.05) is 39.8 Å². The van der Waals surface area contributed by atoms with Crippen molar-refractivity contribution in [1.82, 2.24) is 0 Å². The van der Waals surface area contributed by atoms with Crippen LogP contribution in [0.4, 0.5) is 0 Å². The maximum absolute atomic E-state index is 10.4. The summed E-state index contributed by atoms with van der Waals surface area (Å²) in [6.45, 7) is 10.6. The Morgan fingerprint density at radius 3 is 2.25 bits per heavy atom. The van der Waals surface area contributed by atoms with Gasteiger partial charge in [0.2, 0.25) is 0 Å². The van der Waals surface area contributed by atoms with Gasteiger partial charge in [0.15, 0.2) is 0 Å². The zero-order valence-corrected chi connectivity index (χ0v) is 12.9. The Morgan fingerprint density at radius 1 is 1.00 bits per heavy atom. The van der Waals surface area contributed by atoms with Gasteiger partial charge in [-0.05, 0) is 45.4 Å². The van der Waals surface area contributed by atoms with Crippen LogP contribution < -0.4 is 0 Å². The van der Waals surface area contributed by atoms with Crippen LogP contribution in [-0.4, -0.2) is 24.9 Å². The van der Waals surface area contributed by atoms with Crippen molar-refractivity contribution in [3.8, 4) is 5.75 Å². The third-order valence-electron chi connectivity index (χ3n) is 3.07. The lowest BCUT2D eigenvalue weighted by atomic mass is 10.0. The zero-order valence-electron chi connectivity index (χ0n) is 12.9. The van der Waals surface area contributed by atoms with Crippen molar-refractivity contribution >= 4 is 0 Å². The largest absolute Gasteiger partial charge is 0.507 e. The molecule has 1 N–H and O–H groups in total. The molecular weight excluding hydrogens is 256 g/mol. The number of hydrogen-bond donors (Lipinski definition) is 1. The molecule has 0 aliphatic carbocycles. The van der Waals surface area contributed by atoms with E-state index in [-0.39, 0.29) is 11.9 Å². The first-order valence-corrected chi connectivity index (χ1v) is 7.25. The first kappa shape index (κ1) is 17.0. The van der Waals surface area contributed by atoms with Gasteiger partial charge in [0.25, 0.3) is 0 Å². The maximum Gasteiger partial charge on any atom is 0.126 e. The molecule has 20 heavy (non-hydrogen) atoms. The van der Waals surface area contributed by atoms with Gasteiger partial charge in [-0.2, -0.15) is 0 Å². The molecule has 1 aromatic rings. The Bertz CT molecular complexity index is 404. The molecule has 1 unspecified atom stereocenters. The van der Waals surface area contributed by atoms with E-state index in [1.54, 1.807) is 0 Å². The van der Waals surface area contributed by atoms with E-state index in [0.717, 1.165) is 16.7 Å². The van der Waals surface area contributed by atoms with Crippen LogP contribution in [0.3, 0.4) is 0 Å². The highest BCUT2D eigenvalue weighted by atomic mass is 16.5. The number of ether oxygens (including phenoxy) is 3. The highest BCUT2D eigenvalue weighted by Gasteiger charge is 2.16. The molecule has 0 fully saturated rings. The SMILES string of the molecule is CCOCc1cc(COCC)c(O)c(C(C)OCC)c1. The molecule has 1 rings (SSSR count). The van der Waals surface area contributed by atoms with Crippen LogP contribution in [-0.2, 0) is 27.4 Å². The molecule has 0 amide bonds. The van der Waals surface area contributed by atoms with Crippen LogP contribution in [0.1, 0.15) is 50.5 Å². The fourth-order valence-corrected chi connectivity index (χ4v) is 2.06. The summed E-state index contributed by atoms with van der Waals surface area (Å²) in [7, 11) is 0. The summed E-state index contributed by atoms with van der Waals surface area (Å²) in [6.07, 6.45) is -0.151. The lowest BCUT2D eigenvalue weighted by Crippen LogP contribution is -2.05. The summed E-state index contributed by atoms with van der Waals surface area (Å²) in [5.74, 6) is 0.264. The van der Waals surface area contributed by atoms with Crippen molar-refractivity contribution in [2.45, 2.75) is 47.0 Å². The van der Waals surface area contributed by atoms with Crippen LogP contribution in [0.2, 0.25) is 0 Å². The van der Waals surface area contributed by atoms with Crippen molar-refractivity contribution in [3.05, 3.63) is 28.8 Å². The van der Waals surface area contributed by atoms with Crippen LogP contribution in [0.25, 0.3) is 0 Å². The Hall–Kier alpha value is -1.10. The average Bonchev–Trinajstić information content (AvgIpc) is 2.44. The van der Waals surface area contributed by atoms with Crippen LogP contribution in [0.15, 0.2) is 12.1 Å². The second-order valence-corrected chi connectivity index (χ2v) is 4.56. The van der Waals surface area contributed by atoms with E-state index in [2.05, 4.69) is 0 Å². The number of aromatic hydroxyl groups is 1. The molecule has 1 atom stereocenters. The first-order valence-electron chi connectivity index (χ1n) is 7.25. The summed E-state index contributed by atoms with van der Waals surface area (Å²) in [6, 6.07) is 3.88. The second kappa shape index (κ2) is 8.95. The Balaban J connectivity index is 3.05. The number of phenols is 1. The lowest BCUT2D eigenvalue weighted by Gasteiger charge is -2.18. The van der Waals surface area contributed by atoms with Gasteiger partial charge < -0.3 is 19.3 Å². The smallest absolute Gasteiger partial charge is 0.126 e. The van der Waals surface area contributed by atoms with Crippen molar-refractivity contribution in [3.63, 3.8) is 0 Å². The average molecular weight is 282 g/mol. The van der Waals surface area contributed by atoms with E-state index in [4.69, 9.17) is 14.2 Å². The standard InChI is InChI=1S/C16H26O4/c1-5-18-10-13-8-14(11-19-6-2)16(17)15(9-13)12(4)20-7-3/h8-9,12,17H,5-7,10-11H2,1-4H3. The van der Waals surface area contributed by atoms with Crippen molar-refractivity contribution in [1.29, 1.82) is 0 Å². The van der Waals surface area contributed by atoms with Gasteiger partial charge in [-0.3, -0.25) is 0 Å². The second-order valence-electron chi connectivity index (χ2n) is 4.56. The normalized spacial score (nSPS) is 12.6. The monoisotopic (exact) mass is 282 g/mol. The predicted molar refractivity (Wildman–Crippen MR) is 78.8 cm³/mol. The van der Waals surface area contributed by atoms with E-state index in [1.165, 1.54) is 0 Å². The third-order valence-corrected chi connectivity index (χ3v) is 3.07. The molecule has 0 spiro atoms. The molecule has 4 nitrogen and oxygen atoms in total. The number of rotatable bonds is 9. The third kappa shape index (κ3) is 4.78. The zero-order chi connectivity index (χ0) is 15.0. The van der Waals surface area contributed by atoms with E-state index >= 15 is 0 Å². The number of phenolic OH excluding ortho intramolecular Hbond substituents is 1. The van der Waals surface area contributed by atoms with Crippen molar-refractivity contribution in [2.24, 2.45) is 0 Å². The predicted octanol–water partition coefficient (Wildman–Crippen LogP) is 3.56. The molecule has 0 aromatic heterocycles. The summed E-state index contributed by atoms with van der Waals surface area (Å²) < 4.78 is 16.4. The topological polar surface area (TPSA) is 47.9 Å². The summed E-state index contributed by atoms with van der Waals surface area (Å²) >= 11 is 0. The molecule has 1 aromatic carbocycles. The lowest BCUT2D eigenvalue weighted by molar-refractivity contribution is 0.0736. The Labute approximate surface area is 121 Å². The van der Waals surface area contributed by atoms with Crippen molar-refractivity contribution < 1.29 is 19.3 Å². The Kier molecular flexibility index (Phi) is 7.59. The number of hydrogen-bond acceptors (Lipinski definition) is 4. The molecule has 0 bridgehead atoms. The fourth-order valence-electron chi connectivity index (χ4n) is 2.06. The molecular formula is C16H26O4. The van der Waals surface area contributed by atoms with Gasteiger partial charge in [-0.15, -0.1) is 0 Å².